The van der Waals surface area contributed by atoms with Gasteiger partial charge < -0.3 is 4.90 Å². The summed E-state index contributed by atoms with van der Waals surface area (Å²) in [6.45, 7) is 0.433. The van der Waals surface area contributed by atoms with Crippen LogP contribution in [0.5, 0.6) is 0 Å². The van der Waals surface area contributed by atoms with Crippen molar-refractivity contribution in [1.29, 1.82) is 0 Å². The van der Waals surface area contributed by atoms with Gasteiger partial charge in [0.05, 0.1) is 15.5 Å². The van der Waals surface area contributed by atoms with E-state index >= 15 is 0 Å². The molecule has 0 bridgehead atoms. The number of halogens is 3. The molecule has 0 radical (unpaired) electrons. The lowest BCUT2D eigenvalue weighted by Crippen LogP contribution is -2.50. The Morgan fingerprint density at radius 1 is 1.04 bits per heavy atom. The van der Waals surface area contributed by atoms with Crippen molar-refractivity contribution in [1.82, 2.24) is 9.21 Å². The molecule has 0 spiro atoms. The molecule has 0 saturated carbocycles. The first-order valence-electron chi connectivity index (χ1n) is 8.32. The molecule has 1 aliphatic rings. The number of carbonyl (C=O) groups is 1. The largest absolute Gasteiger partial charge is 0.336 e. The molecule has 150 valence electrons. The van der Waals surface area contributed by atoms with E-state index in [1.807, 2.05) is 12.3 Å². The molecule has 1 saturated heterocycles. The molecule has 28 heavy (non-hydrogen) atoms. The Balaban J connectivity index is 1.73. The number of rotatable bonds is 4. The van der Waals surface area contributed by atoms with Crippen molar-refractivity contribution in [3.8, 4) is 0 Å². The van der Waals surface area contributed by atoms with Crippen LogP contribution in [0.15, 0.2) is 46.2 Å². The second kappa shape index (κ2) is 8.36. The molecule has 0 N–H and O–H groups in total. The van der Waals surface area contributed by atoms with E-state index in [0.29, 0.717) is 16.7 Å². The first-order chi connectivity index (χ1) is 13.2. The number of amides is 1. The maximum atomic E-state index is 13.4. The van der Waals surface area contributed by atoms with Gasteiger partial charge in [-0.3, -0.25) is 4.79 Å². The third-order valence-corrected chi connectivity index (χ3v) is 7.41. The van der Waals surface area contributed by atoms with Crippen molar-refractivity contribution in [2.24, 2.45) is 0 Å². The molecule has 1 fully saturated rings. The predicted molar refractivity (Wildman–Crippen MR) is 104 cm³/mol. The van der Waals surface area contributed by atoms with Gasteiger partial charge in [0.15, 0.2) is 11.6 Å². The number of carbonyl (C=O) groups excluding carboxylic acids is 1. The quantitative estimate of drug-likeness (QED) is 0.675. The molecule has 0 aliphatic carbocycles. The van der Waals surface area contributed by atoms with Gasteiger partial charge in [-0.2, -0.15) is 4.31 Å². The van der Waals surface area contributed by atoms with E-state index in [0.717, 1.165) is 21.3 Å². The molecular formula is C18H17ClF2N2O3S2. The second-order valence-corrected chi connectivity index (χ2v) is 9.34. The fourth-order valence-corrected chi connectivity index (χ4v) is 4.96. The monoisotopic (exact) mass is 446 g/mol. The fourth-order valence-electron chi connectivity index (χ4n) is 2.88. The van der Waals surface area contributed by atoms with Gasteiger partial charge in [0, 0.05) is 31.1 Å². The summed E-state index contributed by atoms with van der Waals surface area (Å²) in [7, 11) is -3.97. The van der Waals surface area contributed by atoms with Crippen LogP contribution in [0.1, 0.15) is 10.4 Å². The molecule has 0 aromatic heterocycles. The summed E-state index contributed by atoms with van der Waals surface area (Å²) in [6.07, 6.45) is 1.89. The van der Waals surface area contributed by atoms with Crippen LogP contribution in [0, 0.1) is 11.6 Å². The number of nitrogens with zero attached hydrogens (tertiary/aromatic N) is 2. The fraction of sp³-hybridized carbons (Fsp3) is 0.278. The minimum Gasteiger partial charge on any atom is -0.336 e. The number of hydrogen-bond acceptors (Lipinski definition) is 4. The maximum Gasteiger partial charge on any atom is 0.255 e. The van der Waals surface area contributed by atoms with Crippen LogP contribution in [0.4, 0.5) is 8.78 Å². The van der Waals surface area contributed by atoms with Crippen molar-refractivity contribution in [3.63, 3.8) is 0 Å². The number of piperazine rings is 1. The van der Waals surface area contributed by atoms with E-state index in [1.54, 1.807) is 12.1 Å². The average molecular weight is 447 g/mol. The van der Waals surface area contributed by atoms with E-state index in [-0.39, 0.29) is 37.0 Å². The highest BCUT2D eigenvalue weighted by atomic mass is 35.5. The Morgan fingerprint density at radius 3 is 2.32 bits per heavy atom. The summed E-state index contributed by atoms with van der Waals surface area (Å²) < 4.78 is 52.9. The molecule has 2 aromatic rings. The number of sulfonamides is 1. The van der Waals surface area contributed by atoms with Crippen molar-refractivity contribution < 1.29 is 22.0 Å². The number of hydrogen-bond donors (Lipinski definition) is 0. The van der Waals surface area contributed by atoms with Crippen molar-refractivity contribution in [2.75, 3.05) is 32.4 Å². The molecule has 1 heterocycles. The molecule has 1 amide bonds. The highest BCUT2D eigenvalue weighted by molar-refractivity contribution is 7.98. The zero-order valence-electron chi connectivity index (χ0n) is 14.9. The summed E-state index contributed by atoms with van der Waals surface area (Å²) in [5.74, 6) is -2.61. The maximum absolute atomic E-state index is 13.4. The summed E-state index contributed by atoms with van der Waals surface area (Å²) >= 11 is 7.63. The van der Waals surface area contributed by atoms with Crippen LogP contribution >= 0.6 is 23.4 Å². The lowest BCUT2D eigenvalue weighted by atomic mass is 10.2. The molecular weight excluding hydrogens is 430 g/mol. The van der Waals surface area contributed by atoms with Gasteiger partial charge in [0.25, 0.3) is 5.91 Å². The van der Waals surface area contributed by atoms with Crippen LogP contribution < -0.4 is 0 Å². The SMILES string of the molecule is CSc1ccc(Cl)c(C(=O)N2CCN(S(=O)(=O)c3ccc(F)c(F)c3)CC2)c1. The topological polar surface area (TPSA) is 57.7 Å². The Hall–Kier alpha value is -1.68. The third kappa shape index (κ3) is 4.17. The molecule has 1 aliphatic heterocycles. The van der Waals surface area contributed by atoms with Crippen molar-refractivity contribution in [3.05, 3.63) is 58.6 Å². The normalized spacial score (nSPS) is 15.6. The second-order valence-electron chi connectivity index (χ2n) is 6.12. The Labute approximate surface area is 171 Å². The van der Waals surface area contributed by atoms with Crippen LogP contribution in [-0.4, -0.2) is 56.0 Å². The summed E-state index contributed by atoms with van der Waals surface area (Å²) in [6, 6.07) is 7.65. The zero-order valence-corrected chi connectivity index (χ0v) is 17.3. The third-order valence-electron chi connectivity index (χ3n) is 4.46. The van der Waals surface area contributed by atoms with Gasteiger partial charge in [0.2, 0.25) is 10.0 Å². The predicted octanol–water partition coefficient (Wildman–Crippen LogP) is 3.49. The highest BCUT2D eigenvalue weighted by Gasteiger charge is 2.31. The minimum atomic E-state index is -3.97. The Bertz CT molecular complexity index is 1010. The lowest BCUT2D eigenvalue weighted by Gasteiger charge is -2.34. The first-order valence-corrected chi connectivity index (χ1v) is 11.4. The number of benzene rings is 2. The summed E-state index contributed by atoms with van der Waals surface area (Å²) in [4.78, 5) is 14.9. The van der Waals surface area contributed by atoms with Crippen molar-refractivity contribution >= 4 is 39.3 Å². The van der Waals surface area contributed by atoms with Crippen LogP contribution in [0.2, 0.25) is 5.02 Å². The lowest BCUT2D eigenvalue weighted by molar-refractivity contribution is 0.0698. The molecule has 10 heteroatoms. The van der Waals surface area contributed by atoms with Gasteiger partial charge in [-0.1, -0.05) is 11.6 Å². The van der Waals surface area contributed by atoms with E-state index < -0.39 is 21.7 Å². The standard InChI is InChI=1S/C18H17ClF2N2O3S2/c1-27-12-2-4-15(19)14(10-12)18(24)22-6-8-23(9-7-22)28(25,26)13-3-5-16(20)17(21)11-13/h2-5,10-11H,6-9H2,1H3. The van der Waals surface area contributed by atoms with Crippen molar-refractivity contribution in [2.45, 2.75) is 9.79 Å². The van der Waals surface area contributed by atoms with E-state index in [1.165, 1.54) is 16.7 Å². The molecule has 2 aromatic carbocycles. The number of thioether (sulfide) groups is 1. The van der Waals surface area contributed by atoms with E-state index in [9.17, 15) is 22.0 Å². The Kier molecular flexibility index (Phi) is 6.28. The first kappa shape index (κ1) is 21.0. The molecule has 0 unspecified atom stereocenters. The van der Waals surface area contributed by atoms with Gasteiger partial charge in [-0.15, -0.1) is 11.8 Å². The van der Waals surface area contributed by atoms with Crippen LogP contribution in [-0.2, 0) is 10.0 Å². The smallest absolute Gasteiger partial charge is 0.255 e. The van der Waals surface area contributed by atoms with Gasteiger partial charge in [-0.05, 0) is 42.7 Å². The Morgan fingerprint density at radius 2 is 1.71 bits per heavy atom. The zero-order chi connectivity index (χ0) is 20.5. The highest BCUT2D eigenvalue weighted by Crippen LogP contribution is 2.25. The summed E-state index contributed by atoms with van der Waals surface area (Å²) in [5, 5.41) is 0.333. The molecule has 0 atom stereocenters. The summed E-state index contributed by atoms with van der Waals surface area (Å²) in [5.41, 5.74) is 0.366. The molecule has 3 rings (SSSR count). The van der Waals surface area contributed by atoms with Gasteiger partial charge >= 0.3 is 0 Å². The molecule has 5 nitrogen and oxygen atoms in total. The van der Waals surface area contributed by atoms with Gasteiger partial charge in [0.1, 0.15) is 0 Å². The van der Waals surface area contributed by atoms with Crippen LogP contribution in [0.3, 0.4) is 0 Å². The van der Waals surface area contributed by atoms with E-state index in [4.69, 9.17) is 11.6 Å². The van der Waals surface area contributed by atoms with Crippen LogP contribution in [0.25, 0.3) is 0 Å². The minimum absolute atomic E-state index is 0.0485. The van der Waals surface area contributed by atoms with Gasteiger partial charge in [-0.25, -0.2) is 17.2 Å². The van der Waals surface area contributed by atoms with E-state index in [2.05, 4.69) is 0 Å². The average Bonchev–Trinajstić information content (AvgIpc) is 2.70.